The van der Waals surface area contributed by atoms with Gasteiger partial charge in [0.15, 0.2) is 0 Å². The normalized spacial score (nSPS) is 23.1. The zero-order valence-electron chi connectivity index (χ0n) is 11.6. The fourth-order valence-corrected chi connectivity index (χ4v) is 4.44. The second-order valence-corrected chi connectivity index (χ2v) is 7.21. The van der Waals surface area contributed by atoms with Gasteiger partial charge in [-0.3, -0.25) is 9.59 Å². The van der Waals surface area contributed by atoms with Crippen LogP contribution >= 0.6 is 27.3 Å². The molecule has 1 N–H and O–H groups in total. The molecular formula is C14H18BrNO3S. The topological polar surface area (TPSA) is 57.6 Å². The van der Waals surface area contributed by atoms with Crippen molar-refractivity contribution in [2.24, 2.45) is 5.92 Å². The van der Waals surface area contributed by atoms with Gasteiger partial charge in [0.2, 0.25) is 5.91 Å². The van der Waals surface area contributed by atoms with Crippen molar-refractivity contribution in [2.75, 3.05) is 6.54 Å². The fraction of sp³-hybridized carbons (Fsp3) is 0.571. The zero-order chi connectivity index (χ0) is 14.9. The van der Waals surface area contributed by atoms with Gasteiger partial charge in [-0.2, -0.15) is 0 Å². The number of piperidine rings is 1. The van der Waals surface area contributed by atoms with Gasteiger partial charge in [0.25, 0.3) is 0 Å². The van der Waals surface area contributed by atoms with Gasteiger partial charge >= 0.3 is 5.97 Å². The predicted octanol–water partition coefficient (Wildman–Crippen LogP) is 3.59. The highest BCUT2D eigenvalue weighted by Crippen LogP contribution is 2.42. The molecule has 1 fully saturated rings. The van der Waals surface area contributed by atoms with Crippen LogP contribution in [-0.2, 0) is 9.59 Å². The number of aliphatic carboxylic acids is 1. The summed E-state index contributed by atoms with van der Waals surface area (Å²) in [6.07, 6.45) is 1.59. The number of hydrogen-bond donors (Lipinski definition) is 1. The van der Waals surface area contributed by atoms with Crippen LogP contribution in [0.4, 0.5) is 0 Å². The molecule has 0 saturated carbocycles. The Balaban J connectivity index is 2.42. The molecule has 0 radical (unpaired) electrons. The van der Waals surface area contributed by atoms with Gasteiger partial charge in [0.1, 0.15) is 0 Å². The van der Waals surface area contributed by atoms with Crippen LogP contribution in [0, 0.1) is 12.8 Å². The minimum absolute atomic E-state index is 0.0662. The molecule has 1 saturated heterocycles. The van der Waals surface area contributed by atoms with E-state index in [-0.39, 0.29) is 11.9 Å². The van der Waals surface area contributed by atoms with Crippen molar-refractivity contribution in [3.8, 4) is 0 Å². The Hall–Kier alpha value is -0.880. The highest BCUT2D eigenvalue weighted by atomic mass is 79.9. The molecule has 110 valence electrons. The lowest BCUT2D eigenvalue weighted by Gasteiger charge is -2.39. The Morgan fingerprint density at radius 3 is 2.80 bits per heavy atom. The van der Waals surface area contributed by atoms with E-state index in [4.69, 9.17) is 0 Å². The summed E-state index contributed by atoms with van der Waals surface area (Å²) in [6.45, 7) is 4.61. The number of amides is 1. The predicted molar refractivity (Wildman–Crippen MR) is 81.9 cm³/mol. The summed E-state index contributed by atoms with van der Waals surface area (Å²) >= 11 is 5.04. The van der Waals surface area contributed by atoms with Crippen molar-refractivity contribution < 1.29 is 14.7 Å². The second-order valence-electron chi connectivity index (χ2n) is 5.07. The number of halogens is 1. The highest BCUT2D eigenvalue weighted by molar-refractivity contribution is 9.10. The van der Waals surface area contributed by atoms with Gasteiger partial charge in [0.05, 0.1) is 12.0 Å². The Bertz CT molecular complexity index is 509. The van der Waals surface area contributed by atoms with Crippen molar-refractivity contribution in [3.63, 3.8) is 0 Å². The van der Waals surface area contributed by atoms with Crippen LogP contribution in [0.1, 0.15) is 42.0 Å². The van der Waals surface area contributed by atoms with Crippen molar-refractivity contribution in [3.05, 3.63) is 20.3 Å². The van der Waals surface area contributed by atoms with Crippen LogP contribution in [-0.4, -0.2) is 28.4 Å². The van der Waals surface area contributed by atoms with E-state index >= 15 is 0 Å². The summed E-state index contributed by atoms with van der Waals surface area (Å²) in [6, 6.07) is 1.63. The number of aryl methyl sites for hydroxylation is 1. The second kappa shape index (κ2) is 6.26. The molecule has 0 aromatic carbocycles. The molecule has 2 unspecified atom stereocenters. The number of carbonyl (C=O) groups excluding carboxylic acids is 1. The maximum Gasteiger partial charge on any atom is 0.308 e. The number of carboxylic acid groups (broad SMARTS) is 1. The van der Waals surface area contributed by atoms with Crippen molar-refractivity contribution in [1.82, 2.24) is 4.90 Å². The molecule has 20 heavy (non-hydrogen) atoms. The molecule has 2 atom stereocenters. The first-order valence-electron chi connectivity index (χ1n) is 6.73. The smallest absolute Gasteiger partial charge is 0.308 e. The Labute approximate surface area is 130 Å². The average molecular weight is 360 g/mol. The van der Waals surface area contributed by atoms with Crippen molar-refractivity contribution in [1.29, 1.82) is 0 Å². The lowest BCUT2D eigenvalue weighted by atomic mass is 9.87. The Morgan fingerprint density at radius 1 is 1.60 bits per heavy atom. The minimum Gasteiger partial charge on any atom is -0.481 e. The van der Waals surface area contributed by atoms with Crippen LogP contribution in [0.5, 0.6) is 0 Å². The van der Waals surface area contributed by atoms with Crippen molar-refractivity contribution >= 4 is 39.1 Å². The van der Waals surface area contributed by atoms with Crippen LogP contribution in [0.15, 0.2) is 10.5 Å². The van der Waals surface area contributed by atoms with E-state index < -0.39 is 11.9 Å². The third kappa shape index (κ3) is 2.91. The molecule has 0 spiro atoms. The maximum absolute atomic E-state index is 12.2. The Morgan fingerprint density at radius 2 is 2.30 bits per heavy atom. The molecule has 0 aliphatic carbocycles. The summed E-state index contributed by atoms with van der Waals surface area (Å²) in [5.41, 5.74) is 0. The Kier molecular flexibility index (Phi) is 4.86. The van der Waals surface area contributed by atoms with Crippen molar-refractivity contribution in [2.45, 2.75) is 39.2 Å². The summed E-state index contributed by atoms with van der Waals surface area (Å²) in [5.74, 6) is -1.26. The molecule has 2 heterocycles. The molecule has 1 aliphatic rings. The molecule has 2 rings (SSSR count). The lowest BCUT2D eigenvalue weighted by Crippen LogP contribution is -2.45. The monoisotopic (exact) mass is 359 g/mol. The van der Waals surface area contributed by atoms with Crippen LogP contribution in [0.2, 0.25) is 0 Å². The first kappa shape index (κ1) is 15.5. The number of nitrogens with zero attached hydrogens (tertiary/aromatic N) is 1. The van der Waals surface area contributed by atoms with E-state index in [0.717, 1.165) is 20.6 Å². The minimum atomic E-state index is -0.814. The zero-order valence-corrected chi connectivity index (χ0v) is 14.0. The summed E-state index contributed by atoms with van der Waals surface area (Å²) < 4.78 is 0.983. The van der Waals surface area contributed by atoms with Crippen LogP contribution in [0.25, 0.3) is 0 Å². The molecule has 6 heteroatoms. The van der Waals surface area contributed by atoms with E-state index in [2.05, 4.69) is 15.9 Å². The standard InChI is InChI=1S/C14H18BrNO3S/c1-3-6-16-12(17)5-4-9(14(18)19)13(16)11-7-10(15)8(2)20-11/h7,9,13H,3-6H2,1-2H3,(H,18,19). The number of thiophene rings is 1. The molecule has 1 aliphatic heterocycles. The third-order valence-electron chi connectivity index (χ3n) is 3.66. The molecule has 0 bridgehead atoms. The first-order chi connectivity index (χ1) is 9.45. The number of carbonyl (C=O) groups is 2. The van der Waals surface area contributed by atoms with Gasteiger partial charge in [-0.05, 0) is 41.8 Å². The van der Waals surface area contributed by atoms with E-state index in [9.17, 15) is 14.7 Å². The SMILES string of the molecule is CCCN1C(=O)CCC(C(=O)O)C1c1cc(Br)c(C)s1. The quantitative estimate of drug-likeness (QED) is 0.893. The summed E-state index contributed by atoms with van der Waals surface area (Å²) in [5, 5.41) is 9.47. The number of hydrogen-bond acceptors (Lipinski definition) is 3. The average Bonchev–Trinajstić information content (AvgIpc) is 2.71. The van der Waals surface area contributed by atoms with E-state index in [1.54, 1.807) is 16.2 Å². The fourth-order valence-electron chi connectivity index (χ4n) is 2.70. The lowest BCUT2D eigenvalue weighted by molar-refractivity contribution is -0.152. The highest BCUT2D eigenvalue weighted by Gasteiger charge is 2.41. The van der Waals surface area contributed by atoms with Crippen LogP contribution in [0.3, 0.4) is 0 Å². The van der Waals surface area contributed by atoms with Gasteiger partial charge in [0, 0.05) is 27.2 Å². The third-order valence-corrected chi connectivity index (χ3v) is 5.86. The number of carboxylic acids is 1. The van der Waals surface area contributed by atoms with E-state index in [1.807, 2.05) is 19.9 Å². The van der Waals surface area contributed by atoms with Crippen LogP contribution < -0.4 is 0 Å². The molecule has 1 aromatic rings. The first-order valence-corrected chi connectivity index (χ1v) is 8.34. The van der Waals surface area contributed by atoms with Gasteiger partial charge in [-0.1, -0.05) is 6.92 Å². The largest absolute Gasteiger partial charge is 0.481 e. The molecule has 1 aromatic heterocycles. The number of rotatable bonds is 4. The summed E-state index contributed by atoms with van der Waals surface area (Å²) in [4.78, 5) is 27.5. The number of likely N-dealkylation sites (tertiary alicyclic amines) is 1. The summed E-state index contributed by atoms with van der Waals surface area (Å²) in [7, 11) is 0. The van der Waals surface area contributed by atoms with E-state index in [0.29, 0.717) is 19.4 Å². The molecular weight excluding hydrogens is 342 g/mol. The van der Waals surface area contributed by atoms with Gasteiger partial charge < -0.3 is 10.0 Å². The molecule has 4 nitrogen and oxygen atoms in total. The maximum atomic E-state index is 12.2. The van der Waals surface area contributed by atoms with Gasteiger partial charge in [-0.15, -0.1) is 11.3 Å². The van der Waals surface area contributed by atoms with Gasteiger partial charge in [-0.25, -0.2) is 0 Å². The van der Waals surface area contributed by atoms with E-state index in [1.165, 1.54) is 0 Å². The molecule has 1 amide bonds.